The standard InChI is InChI=1S/C12H19N3O/c1-12(2,8-13-3)9-15-11(16)10-4-6-14-7-5-10/h4-7,13H,8-9H2,1-3H3,(H,15,16). The zero-order valence-corrected chi connectivity index (χ0v) is 10.1. The summed E-state index contributed by atoms with van der Waals surface area (Å²) < 4.78 is 0. The first-order valence-electron chi connectivity index (χ1n) is 5.38. The molecule has 1 heterocycles. The summed E-state index contributed by atoms with van der Waals surface area (Å²) in [5.74, 6) is -0.0495. The molecule has 0 aliphatic carbocycles. The summed E-state index contributed by atoms with van der Waals surface area (Å²) in [4.78, 5) is 15.6. The second-order valence-electron chi connectivity index (χ2n) is 4.61. The summed E-state index contributed by atoms with van der Waals surface area (Å²) >= 11 is 0. The van der Waals surface area contributed by atoms with Crippen LogP contribution in [0.4, 0.5) is 0 Å². The smallest absolute Gasteiger partial charge is 0.251 e. The Bertz CT molecular complexity index is 335. The van der Waals surface area contributed by atoms with Crippen LogP contribution in [0.25, 0.3) is 0 Å². The van der Waals surface area contributed by atoms with E-state index in [1.54, 1.807) is 24.5 Å². The van der Waals surface area contributed by atoms with Crippen molar-refractivity contribution in [3.63, 3.8) is 0 Å². The minimum Gasteiger partial charge on any atom is -0.351 e. The lowest BCUT2D eigenvalue weighted by Crippen LogP contribution is -2.39. The molecule has 0 unspecified atom stereocenters. The summed E-state index contributed by atoms with van der Waals surface area (Å²) in [5.41, 5.74) is 0.701. The number of nitrogens with one attached hydrogen (secondary N) is 2. The first kappa shape index (κ1) is 12.6. The molecule has 0 aliphatic rings. The average Bonchev–Trinajstić information content (AvgIpc) is 2.27. The van der Waals surface area contributed by atoms with Gasteiger partial charge < -0.3 is 10.6 Å². The Morgan fingerprint density at radius 1 is 1.31 bits per heavy atom. The van der Waals surface area contributed by atoms with Gasteiger partial charge in [-0.05, 0) is 24.6 Å². The maximum absolute atomic E-state index is 11.7. The molecule has 1 aromatic rings. The maximum atomic E-state index is 11.7. The Morgan fingerprint density at radius 2 is 1.94 bits per heavy atom. The third-order valence-corrected chi connectivity index (χ3v) is 2.33. The third kappa shape index (κ3) is 3.98. The van der Waals surface area contributed by atoms with E-state index in [9.17, 15) is 4.79 Å². The second-order valence-corrected chi connectivity index (χ2v) is 4.61. The van der Waals surface area contributed by atoms with Gasteiger partial charge in [-0.3, -0.25) is 9.78 Å². The van der Waals surface area contributed by atoms with Crippen molar-refractivity contribution in [3.8, 4) is 0 Å². The molecule has 0 radical (unpaired) electrons. The van der Waals surface area contributed by atoms with Crippen LogP contribution >= 0.6 is 0 Å². The van der Waals surface area contributed by atoms with Crippen LogP contribution in [0, 0.1) is 5.41 Å². The Balaban J connectivity index is 2.48. The van der Waals surface area contributed by atoms with Crippen molar-refractivity contribution in [3.05, 3.63) is 30.1 Å². The van der Waals surface area contributed by atoms with Gasteiger partial charge in [0.2, 0.25) is 0 Å². The van der Waals surface area contributed by atoms with E-state index in [0.29, 0.717) is 12.1 Å². The van der Waals surface area contributed by atoms with Crippen LogP contribution < -0.4 is 10.6 Å². The average molecular weight is 221 g/mol. The zero-order chi connectivity index (χ0) is 12.0. The highest BCUT2D eigenvalue weighted by molar-refractivity contribution is 5.93. The highest BCUT2D eigenvalue weighted by Crippen LogP contribution is 2.11. The van der Waals surface area contributed by atoms with Gasteiger partial charge in [-0.1, -0.05) is 13.8 Å². The fraction of sp³-hybridized carbons (Fsp3) is 0.500. The SMILES string of the molecule is CNCC(C)(C)CNC(=O)c1ccncc1. The summed E-state index contributed by atoms with van der Waals surface area (Å²) in [6.45, 7) is 5.73. The van der Waals surface area contributed by atoms with Gasteiger partial charge in [0.05, 0.1) is 0 Å². The number of pyridine rings is 1. The van der Waals surface area contributed by atoms with E-state index in [1.807, 2.05) is 7.05 Å². The Kier molecular flexibility index (Phi) is 4.43. The minimum absolute atomic E-state index is 0.0495. The molecule has 0 aliphatic heterocycles. The molecule has 0 fully saturated rings. The van der Waals surface area contributed by atoms with Crippen LogP contribution in [0.5, 0.6) is 0 Å². The van der Waals surface area contributed by atoms with Crippen LogP contribution in [-0.4, -0.2) is 31.0 Å². The fourth-order valence-electron chi connectivity index (χ4n) is 1.47. The highest BCUT2D eigenvalue weighted by atomic mass is 16.1. The molecule has 0 saturated heterocycles. The van der Waals surface area contributed by atoms with Crippen molar-refractivity contribution in [1.82, 2.24) is 15.6 Å². The molecular formula is C12H19N3O. The van der Waals surface area contributed by atoms with Gasteiger partial charge in [0, 0.05) is 31.0 Å². The lowest BCUT2D eigenvalue weighted by Gasteiger charge is -2.24. The van der Waals surface area contributed by atoms with Crippen molar-refractivity contribution in [2.24, 2.45) is 5.41 Å². The topological polar surface area (TPSA) is 54.0 Å². The molecule has 1 rings (SSSR count). The molecule has 88 valence electrons. The predicted octanol–water partition coefficient (Wildman–Crippen LogP) is 1.06. The molecule has 16 heavy (non-hydrogen) atoms. The van der Waals surface area contributed by atoms with Gasteiger partial charge >= 0.3 is 0 Å². The van der Waals surface area contributed by atoms with Crippen LogP contribution in [-0.2, 0) is 0 Å². The van der Waals surface area contributed by atoms with E-state index in [1.165, 1.54) is 0 Å². The van der Waals surface area contributed by atoms with E-state index >= 15 is 0 Å². The van der Waals surface area contributed by atoms with Crippen molar-refractivity contribution < 1.29 is 4.79 Å². The summed E-state index contributed by atoms with van der Waals surface area (Å²) in [6.07, 6.45) is 3.24. The quantitative estimate of drug-likeness (QED) is 0.781. The maximum Gasteiger partial charge on any atom is 0.251 e. The van der Waals surface area contributed by atoms with Crippen LogP contribution in [0.1, 0.15) is 24.2 Å². The van der Waals surface area contributed by atoms with Gasteiger partial charge in [0.25, 0.3) is 5.91 Å². The zero-order valence-electron chi connectivity index (χ0n) is 10.1. The van der Waals surface area contributed by atoms with Crippen molar-refractivity contribution >= 4 is 5.91 Å². The van der Waals surface area contributed by atoms with E-state index in [0.717, 1.165) is 6.54 Å². The largest absolute Gasteiger partial charge is 0.351 e. The first-order valence-corrected chi connectivity index (χ1v) is 5.38. The van der Waals surface area contributed by atoms with E-state index < -0.39 is 0 Å². The van der Waals surface area contributed by atoms with Crippen molar-refractivity contribution in [1.29, 1.82) is 0 Å². The van der Waals surface area contributed by atoms with Crippen LogP contribution in [0.2, 0.25) is 0 Å². The monoisotopic (exact) mass is 221 g/mol. The predicted molar refractivity (Wildman–Crippen MR) is 64.3 cm³/mol. The lowest BCUT2D eigenvalue weighted by molar-refractivity contribution is 0.0936. The second kappa shape index (κ2) is 5.61. The molecule has 0 aromatic carbocycles. The van der Waals surface area contributed by atoms with Gasteiger partial charge in [-0.2, -0.15) is 0 Å². The van der Waals surface area contributed by atoms with Gasteiger partial charge in [-0.25, -0.2) is 0 Å². The molecule has 0 saturated carbocycles. The number of nitrogens with zero attached hydrogens (tertiary/aromatic N) is 1. The Labute approximate surface area is 96.5 Å². The number of rotatable bonds is 5. The van der Waals surface area contributed by atoms with Crippen molar-refractivity contribution in [2.45, 2.75) is 13.8 Å². The van der Waals surface area contributed by atoms with Crippen molar-refractivity contribution in [2.75, 3.05) is 20.1 Å². The van der Waals surface area contributed by atoms with E-state index in [-0.39, 0.29) is 11.3 Å². The molecule has 2 N–H and O–H groups in total. The normalized spacial score (nSPS) is 11.2. The van der Waals surface area contributed by atoms with Gasteiger partial charge in [0.1, 0.15) is 0 Å². The van der Waals surface area contributed by atoms with E-state index in [4.69, 9.17) is 0 Å². The Hall–Kier alpha value is -1.42. The van der Waals surface area contributed by atoms with E-state index in [2.05, 4.69) is 29.5 Å². The Morgan fingerprint density at radius 3 is 2.50 bits per heavy atom. The molecule has 0 atom stereocenters. The summed E-state index contributed by atoms with van der Waals surface area (Å²) in [5, 5.41) is 6.03. The number of carbonyl (C=O) groups is 1. The van der Waals surface area contributed by atoms with Gasteiger partial charge in [0.15, 0.2) is 0 Å². The number of carbonyl (C=O) groups excluding carboxylic acids is 1. The molecular weight excluding hydrogens is 202 g/mol. The van der Waals surface area contributed by atoms with Crippen LogP contribution in [0.15, 0.2) is 24.5 Å². The molecule has 4 heteroatoms. The fourth-order valence-corrected chi connectivity index (χ4v) is 1.47. The summed E-state index contributed by atoms with van der Waals surface area (Å²) in [6, 6.07) is 3.42. The number of amides is 1. The van der Waals surface area contributed by atoms with Crippen LogP contribution in [0.3, 0.4) is 0 Å². The van der Waals surface area contributed by atoms with Gasteiger partial charge in [-0.15, -0.1) is 0 Å². The molecule has 0 spiro atoms. The molecule has 1 amide bonds. The number of hydrogen-bond acceptors (Lipinski definition) is 3. The third-order valence-electron chi connectivity index (χ3n) is 2.33. The lowest BCUT2D eigenvalue weighted by atomic mass is 9.93. The number of hydrogen-bond donors (Lipinski definition) is 2. The number of aromatic nitrogens is 1. The highest BCUT2D eigenvalue weighted by Gasteiger charge is 2.17. The first-order chi connectivity index (χ1) is 7.55. The molecule has 1 aromatic heterocycles. The summed E-state index contributed by atoms with van der Waals surface area (Å²) in [7, 11) is 1.91. The molecule has 4 nitrogen and oxygen atoms in total. The minimum atomic E-state index is -0.0495. The molecule has 0 bridgehead atoms.